The highest BCUT2D eigenvalue weighted by Gasteiger charge is 2.18. The molecule has 0 spiro atoms. The maximum absolute atomic E-state index is 10.8. The molecule has 1 aromatic rings. The van der Waals surface area contributed by atoms with E-state index in [1.54, 1.807) is 7.05 Å². The molecule has 0 saturated carbocycles. The Hall–Kier alpha value is -1.92. The lowest BCUT2D eigenvalue weighted by molar-refractivity contribution is -0.384. The van der Waals surface area contributed by atoms with Crippen molar-refractivity contribution in [2.45, 2.75) is 32.7 Å². The summed E-state index contributed by atoms with van der Waals surface area (Å²) in [6, 6.07) is 0.174. The van der Waals surface area contributed by atoms with Crippen molar-refractivity contribution in [2.24, 2.45) is 0 Å². The van der Waals surface area contributed by atoms with Gasteiger partial charge in [-0.3, -0.25) is 10.1 Å². The minimum atomic E-state index is -0.482. The van der Waals surface area contributed by atoms with Crippen LogP contribution < -0.4 is 10.6 Å². The topological polar surface area (TPSA) is 93.0 Å². The van der Waals surface area contributed by atoms with E-state index in [2.05, 4.69) is 20.6 Å². The minimum Gasteiger partial charge on any atom is -0.361 e. The maximum atomic E-state index is 10.8. The molecule has 1 heterocycles. The monoisotopic (exact) mass is 239 g/mol. The van der Waals surface area contributed by atoms with E-state index < -0.39 is 4.92 Å². The van der Waals surface area contributed by atoms with E-state index >= 15 is 0 Å². The second kappa shape index (κ2) is 5.97. The van der Waals surface area contributed by atoms with E-state index in [0.29, 0.717) is 5.95 Å². The molecule has 0 amide bonds. The number of hydrogen-bond acceptors (Lipinski definition) is 6. The minimum absolute atomic E-state index is 0.101. The van der Waals surface area contributed by atoms with Crippen molar-refractivity contribution in [3.05, 3.63) is 16.3 Å². The normalized spacial score (nSPS) is 10.4. The first-order chi connectivity index (χ1) is 8.12. The second-order valence-corrected chi connectivity index (χ2v) is 3.59. The third-order valence-electron chi connectivity index (χ3n) is 2.52. The van der Waals surface area contributed by atoms with Crippen molar-refractivity contribution < 1.29 is 4.92 Å². The zero-order valence-electron chi connectivity index (χ0n) is 10.2. The predicted molar refractivity (Wildman–Crippen MR) is 66.2 cm³/mol. The average Bonchev–Trinajstić information content (AvgIpc) is 2.35. The van der Waals surface area contributed by atoms with Crippen molar-refractivity contribution in [3.8, 4) is 0 Å². The van der Waals surface area contributed by atoms with Gasteiger partial charge in [-0.1, -0.05) is 13.8 Å². The van der Waals surface area contributed by atoms with Crippen LogP contribution in [0.2, 0.25) is 0 Å². The summed E-state index contributed by atoms with van der Waals surface area (Å²) < 4.78 is 0. The Labute approximate surface area is 99.8 Å². The second-order valence-electron chi connectivity index (χ2n) is 3.59. The van der Waals surface area contributed by atoms with E-state index in [1.807, 2.05) is 13.8 Å². The number of nitrogens with one attached hydrogen (secondary N) is 2. The van der Waals surface area contributed by atoms with Gasteiger partial charge in [-0.2, -0.15) is 4.98 Å². The highest BCUT2D eigenvalue weighted by molar-refractivity contribution is 5.57. The van der Waals surface area contributed by atoms with Gasteiger partial charge >= 0.3 is 5.69 Å². The Morgan fingerprint density at radius 1 is 1.47 bits per heavy atom. The molecule has 94 valence electrons. The molecule has 1 aromatic heterocycles. The Morgan fingerprint density at radius 3 is 2.59 bits per heavy atom. The van der Waals surface area contributed by atoms with E-state index in [1.165, 1.54) is 6.20 Å². The van der Waals surface area contributed by atoms with E-state index in [9.17, 15) is 10.1 Å². The van der Waals surface area contributed by atoms with Crippen molar-refractivity contribution in [2.75, 3.05) is 17.7 Å². The van der Waals surface area contributed by atoms with Crippen molar-refractivity contribution in [3.63, 3.8) is 0 Å². The van der Waals surface area contributed by atoms with Gasteiger partial charge in [0.25, 0.3) is 0 Å². The van der Waals surface area contributed by atoms with Crippen LogP contribution in [-0.2, 0) is 0 Å². The van der Waals surface area contributed by atoms with Gasteiger partial charge in [0.1, 0.15) is 6.20 Å². The number of nitro groups is 1. The van der Waals surface area contributed by atoms with E-state index in [4.69, 9.17) is 0 Å². The largest absolute Gasteiger partial charge is 0.361 e. The maximum Gasteiger partial charge on any atom is 0.329 e. The van der Waals surface area contributed by atoms with Crippen LogP contribution in [0.5, 0.6) is 0 Å². The van der Waals surface area contributed by atoms with Crippen molar-refractivity contribution in [1.82, 2.24) is 9.97 Å². The first kappa shape index (κ1) is 13.1. The van der Waals surface area contributed by atoms with Crippen LogP contribution in [0.4, 0.5) is 17.5 Å². The summed E-state index contributed by atoms with van der Waals surface area (Å²) in [6.45, 7) is 4.04. The number of rotatable bonds is 6. The predicted octanol–water partition coefficient (Wildman–Crippen LogP) is 2.03. The lowest BCUT2D eigenvalue weighted by Gasteiger charge is -2.15. The Balaban J connectivity index is 3.04. The van der Waals surface area contributed by atoms with Crippen LogP contribution in [0.1, 0.15) is 26.7 Å². The fraction of sp³-hybridized carbons (Fsp3) is 0.600. The van der Waals surface area contributed by atoms with Gasteiger partial charge in [-0.25, -0.2) is 4.98 Å². The van der Waals surface area contributed by atoms with Gasteiger partial charge in [0, 0.05) is 13.1 Å². The fourth-order valence-corrected chi connectivity index (χ4v) is 1.42. The van der Waals surface area contributed by atoms with Crippen LogP contribution in [0, 0.1) is 10.1 Å². The van der Waals surface area contributed by atoms with Crippen LogP contribution in [-0.4, -0.2) is 28.0 Å². The van der Waals surface area contributed by atoms with Crippen molar-refractivity contribution in [1.29, 1.82) is 0 Å². The number of anilines is 2. The lowest BCUT2D eigenvalue weighted by atomic mass is 10.2. The Kier molecular flexibility index (Phi) is 4.62. The summed E-state index contributed by atoms with van der Waals surface area (Å²) in [5.41, 5.74) is -0.101. The summed E-state index contributed by atoms with van der Waals surface area (Å²) >= 11 is 0. The third-order valence-corrected chi connectivity index (χ3v) is 2.52. The van der Waals surface area contributed by atoms with Gasteiger partial charge in [0.15, 0.2) is 0 Å². The molecule has 0 atom stereocenters. The number of nitrogens with zero attached hydrogens (tertiary/aromatic N) is 3. The summed E-state index contributed by atoms with van der Waals surface area (Å²) in [7, 11) is 1.67. The van der Waals surface area contributed by atoms with Gasteiger partial charge in [-0.05, 0) is 12.8 Å². The standard InChI is InChI=1S/C10H17N5O2/c1-4-7(5-2)13-9-8(15(16)17)6-12-10(11-3)14-9/h6-7H,4-5H2,1-3H3,(H2,11,12,13,14). The van der Waals surface area contributed by atoms with Gasteiger partial charge in [0.2, 0.25) is 11.8 Å². The van der Waals surface area contributed by atoms with Crippen LogP contribution in [0.3, 0.4) is 0 Å². The van der Waals surface area contributed by atoms with E-state index in [0.717, 1.165) is 12.8 Å². The molecule has 0 aliphatic carbocycles. The van der Waals surface area contributed by atoms with Gasteiger partial charge in [-0.15, -0.1) is 0 Å². The lowest BCUT2D eigenvalue weighted by Crippen LogP contribution is -2.19. The molecule has 0 aliphatic rings. The zero-order valence-corrected chi connectivity index (χ0v) is 10.2. The Bertz CT molecular complexity index is 392. The molecule has 0 saturated heterocycles. The molecule has 0 aliphatic heterocycles. The molecule has 7 heteroatoms. The van der Waals surface area contributed by atoms with Gasteiger partial charge < -0.3 is 10.6 Å². The van der Waals surface area contributed by atoms with E-state index in [-0.39, 0.29) is 17.5 Å². The Morgan fingerprint density at radius 2 is 2.12 bits per heavy atom. The summed E-state index contributed by atoms with van der Waals surface area (Å²) in [4.78, 5) is 18.3. The summed E-state index contributed by atoms with van der Waals surface area (Å²) in [6.07, 6.45) is 2.97. The van der Waals surface area contributed by atoms with Gasteiger partial charge in [0.05, 0.1) is 4.92 Å². The van der Waals surface area contributed by atoms with Crippen molar-refractivity contribution >= 4 is 17.5 Å². The van der Waals surface area contributed by atoms with Crippen LogP contribution in [0.15, 0.2) is 6.20 Å². The average molecular weight is 239 g/mol. The summed E-state index contributed by atoms with van der Waals surface area (Å²) in [5.74, 6) is 0.632. The molecule has 0 aromatic carbocycles. The molecule has 0 bridgehead atoms. The number of aromatic nitrogens is 2. The van der Waals surface area contributed by atoms with Crippen LogP contribution >= 0.6 is 0 Å². The molecule has 0 fully saturated rings. The first-order valence-electron chi connectivity index (χ1n) is 5.58. The highest BCUT2D eigenvalue weighted by atomic mass is 16.6. The smallest absolute Gasteiger partial charge is 0.329 e. The molecular weight excluding hydrogens is 222 g/mol. The molecule has 7 nitrogen and oxygen atoms in total. The SMILES string of the molecule is CCC(CC)Nc1nc(NC)ncc1[N+](=O)[O-]. The highest BCUT2D eigenvalue weighted by Crippen LogP contribution is 2.23. The zero-order chi connectivity index (χ0) is 12.8. The molecule has 1 rings (SSSR count). The fourth-order valence-electron chi connectivity index (χ4n) is 1.42. The van der Waals surface area contributed by atoms with Crippen LogP contribution in [0.25, 0.3) is 0 Å². The molecule has 0 radical (unpaired) electrons. The third kappa shape index (κ3) is 3.27. The molecular formula is C10H17N5O2. The quantitative estimate of drug-likeness (QED) is 0.582. The summed E-state index contributed by atoms with van der Waals surface area (Å²) in [5, 5.41) is 16.7. The molecule has 2 N–H and O–H groups in total. The molecule has 17 heavy (non-hydrogen) atoms. The number of hydrogen-bond donors (Lipinski definition) is 2. The molecule has 0 unspecified atom stereocenters. The first-order valence-corrected chi connectivity index (χ1v) is 5.58.